The summed E-state index contributed by atoms with van der Waals surface area (Å²) >= 11 is 3.24. The van der Waals surface area contributed by atoms with E-state index in [0.717, 1.165) is 12.8 Å². The first-order chi connectivity index (χ1) is 7.46. The first-order valence-electron chi connectivity index (χ1n) is 4.81. The topological polar surface area (TPSA) is 84.2 Å². The van der Waals surface area contributed by atoms with Crippen LogP contribution < -0.4 is 15.2 Å². The van der Waals surface area contributed by atoms with Gasteiger partial charge in [-0.3, -0.25) is 4.72 Å². The lowest BCUT2D eigenvalue weighted by Gasteiger charge is -2.09. The largest absolute Gasteiger partial charge is 0.398 e. The van der Waals surface area contributed by atoms with Crippen molar-refractivity contribution in [3.63, 3.8) is 0 Å². The molecule has 7 heteroatoms. The Labute approximate surface area is 103 Å². The molecule has 4 N–H and O–H groups in total. The Morgan fingerprint density at radius 3 is 2.62 bits per heavy atom. The maximum Gasteiger partial charge on any atom is 0.299 e. The van der Waals surface area contributed by atoms with Crippen LogP contribution in [0.2, 0.25) is 0 Å². The summed E-state index contributed by atoms with van der Waals surface area (Å²) in [4.78, 5) is 0. The fourth-order valence-electron chi connectivity index (χ4n) is 1.20. The molecule has 1 saturated carbocycles. The summed E-state index contributed by atoms with van der Waals surface area (Å²) in [6.45, 7) is 0. The van der Waals surface area contributed by atoms with Crippen LogP contribution in [-0.4, -0.2) is 14.5 Å². The highest BCUT2D eigenvalue weighted by molar-refractivity contribution is 9.10. The molecule has 0 amide bonds. The molecule has 1 aliphatic rings. The van der Waals surface area contributed by atoms with Gasteiger partial charge < -0.3 is 5.73 Å². The Bertz CT molecular complexity index is 499. The lowest BCUT2D eigenvalue weighted by Crippen LogP contribution is -2.31. The molecule has 0 atom stereocenters. The smallest absolute Gasteiger partial charge is 0.299 e. The lowest BCUT2D eigenvalue weighted by molar-refractivity contribution is 0.586. The monoisotopic (exact) mass is 305 g/mol. The number of hydrogen-bond acceptors (Lipinski definition) is 3. The van der Waals surface area contributed by atoms with Crippen molar-refractivity contribution in [1.82, 2.24) is 4.72 Å². The zero-order valence-corrected chi connectivity index (χ0v) is 10.8. The number of benzene rings is 1. The summed E-state index contributed by atoms with van der Waals surface area (Å²) in [6, 6.07) is 4.97. The van der Waals surface area contributed by atoms with E-state index >= 15 is 0 Å². The molecule has 2 rings (SSSR count). The molecule has 0 aromatic heterocycles. The van der Waals surface area contributed by atoms with Crippen molar-refractivity contribution in [3.8, 4) is 0 Å². The molecule has 0 heterocycles. The standard InChI is InChI=1S/C9H12BrN3O2S/c10-8-5-7(3-4-9(8)11)13-16(14,15)12-6-1-2-6/h3-6,12-13H,1-2,11H2. The van der Waals surface area contributed by atoms with E-state index in [9.17, 15) is 8.42 Å². The molecule has 16 heavy (non-hydrogen) atoms. The highest BCUT2D eigenvalue weighted by atomic mass is 79.9. The molecule has 0 aliphatic heterocycles. The SMILES string of the molecule is Nc1ccc(NS(=O)(=O)NC2CC2)cc1Br. The van der Waals surface area contributed by atoms with Gasteiger partial charge in [-0.05, 0) is 47.0 Å². The first-order valence-corrected chi connectivity index (χ1v) is 7.09. The van der Waals surface area contributed by atoms with E-state index in [1.165, 1.54) is 0 Å². The summed E-state index contributed by atoms with van der Waals surface area (Å²) in [7, 11) is -3.46. The second kappa shape index (κ2) is 4.23. The fraction of sp³-hybridized carbons (Fsp3) is 0.333. The minimum absolute atomic E-state index is 0.0923. The van der Waals surface area contributed by atoms with Gasteiger partial charge in [0.1, 0.15) is 0 Å². The number of nitrogens with one attached hydrogen (secondary N) is 2. The van der Waals surface area contributed by atoms with Crippen LogP contribution >= 0.6 is 15.9 Å². The van der Waals surface area contributed by atoms with E-state index in [0.29, 0.717) is 15.8 Å². The van der Waals surface area contributed by atoms with Crippen molar-refractivity contribution in [2.75, 3.05) is 10.5 Å². The summed E-state index contributed by atoms with van der Waals surface area (Å²) in [5.41, 5.74) is 6.65. The zero-order chi connectivity index (χ0) is 11.8. The van der Waals surface area contributed by atoms with E-state index in [1.54, 1.807) is 18.2 Å². The van der Waals surface area contributed by atoms with Crippen LogP contribution in [0.1, 0.15) is 12.8 Å². The number of hydrogen-bond donors (Lipinski definition) is 3. The van der Waals surface area contributed by atoms with E-state index < -0.39 is 10.2 Å². The number of nitrogen functional groups attached to an aromatic ring is 1. The third-order valence-electron chi connectivity index (χ3n) is 2.15. The van der Waals surface area contributed by atoms with Gasteiger partial charge in [0, 0.05) is 16.2 Å². The average Bonchev–Trinajstić information content (AvgIpc) is 2.94. The van der Waals surface area contributed by atoms with Crippen LogP contribution in [0, 0.1) is 0 Å². The van der Waals surface area contributed by atoms with E-state index in [1.807, 2.05) is 0 Å². The zero-order valence-electron chi connectivity index (χ0n) is 8.40. The van der Waals surface area contributed by atoms with Crippen molar-refractivity contribution in [2.45, 2.75) is 18.9 Å². The van der Waals surface area contributed by atoms with Gasteiger partial charge in [-0.1, -0.05) is 0 Å². The van der Waals surface area contributed by atoms with E-state index in [4.69, 9.17) is 5.73 Å². The number of anilines is 2. The summed E-state index contributed by atoms with van der Waals surface area (Å²) in [6.07, 6.45) is 1.82. The Kier molecular flexibility index (Phi) is 3.09. The average molecular weight is 306 g/mol. The van der Waals surface area contributed by atoms with Gasteiger partial charge in [-0.25, -0.2) is 0 Å². The van der Waals surface area contributed by atoms with Gasteiger partial charge in [-0.15, -0.1) is 0 Å². The highest BCUT2D eigenvalue weighted by Gasteiger charge is 2.26. The van der Waals surface area contributed by atoms with E-state index in [-0.39, 0.29) is 6.04 Å². The summed E-state index contributed by atoms with van der Waals surface area (Å²) in [5, 5.41) is 0. The second-order valence-corrected chi connectivity index (χ2v) is 6.03. The normalized spacial score (nSPS) is 16.1. The van der Waals surface area contributed by atoms with Gasteiger partial charge >= 0.3 is 0 Å². The molecule has 1 aliphatic carbocycles. The van der Waals surface area contributed by atoms with Gasteiger partial charge in [0.15, 0.2) is 0 Å². The maximum absolute atomic E-state index is 11.6. The van der Waals surface area contributed by atoms with Crippen molar-refractivity contribution in [1.29, 1.82) is 0 Å². The van der Waals surface area contributed by atoms with Crippen LogP contribution in [0.3, 0.4) is 0 Å². The molecule has 88 valence electrons. The molecule has 1 aromatic carbocycles. The molecule has 0 radical (unpaired) electrons. The van der Waals surface area contributed by atoms with Crippen LogP contribution in [0.25, 0.3) is 0 Å². The van der Waals surface area contributed by atoms with Gasteiger partial charge in [0.2, 0.25) is 0 Å². The molecular weight excluding hydrogens is 294 g/mol. The van der Waals surface area contributed by atoms with Gasteiger partial charge in [0.05, 0.1) is 5.69 Å². The van der Waals surface area contributed by atoms with Crippen molar-refractivity contribution >= 4 is 37.5 Å². The maximum atomic E-state index is 11.6. The third-order valence-corrected chi connectivity index (χ3v) is 3.99. The van der Waals surface area contributed by atoms with Crippen LogP contribution in [0.4, 0.5) is 11.4 Å². The van der Waals surface area contributed by atoms with Crippen molar-refractivity contribution in [2.24, 2.45) is 0 Å². The third kappa shape index (κ3) is 3.10. The summed E-state index contributed by atoms with van der Waals surface area (Å²) < 4.78 is 28.8. The molecule has 5 nitrogen and oxygen atoms in total. The van der Waals surface area contributed by atoms with Crippen LogP contribution in [0.5, 0.6) is 0 Å². The Balaban J connectivity index is 2.10. The summed E-state index contributed by atoms with van der Waals surface area (Å²) in [5.74, 6) is 0. The van der Waals surface area contributed by atoms with Crippen molar-refractivity contribution < 1.29 is 8.42 Å². The first kappa shape index (κ1) is 11.7. The minimum Gasteiger partial charge on any atom is -0.398 e. The van der Waals surface area contributed by atoms with Crippen LogP contribution in [0.15, 0.2) is 22.7 Å². The van der Waals surface area contributed by atoms with Gasteiger partial charge in [0.25, 0.3) is 10.2 Å². The Morgan fingerprint density at radius 2 is 2.06 bits per heavy atom. The lowest BCUT2D eigenvalue weighted by atomic mass is 10.3. The van der Waals surface area contributed by atoms with Crippen molar-refractivity contribution in [3.05, 3.63) is 22.7 Å². The molecule has 0 unspecified atom stereocenters. The predicted molar refractivity (Wildman–Crippen MR) is 67.3 cm³/mol. The predicted octanol–water partition coefficient (Wildman–Crippen LogP) is 1.44. The molecular formula is C9H12BrN3O2S. The Morgan fingerprint density at radius 1 is 1.38 bits per heavy atom. The molecule has 0 saturated heterocycles. The quantitative estimate of drug-likeness (QED) is 0.736. The highest BCUT2D eigenvalue weighted by Crippen LogP contribution is 2.24. The molecule has 1 aromatic rings. The number of halogens is 1. The van der Waals surface area contributed by atoms with E-state index in [2.05, 4.69) is 25.4 Å². The van der Waals surface area contributed by atoms with Gasteiger partial charge in [-0.2, -0.15) is 13.1 Å². The molecule has 0 spiro atoms. The molecule has 0 bridgehead atoms. The molecule has 1 fully saturated rings. The van der Waals surface area contributed by atoms with Crippen LogP contribution in [-0.2, 0) is 10.2 Å². The number of rotatable bonds is 4. The fourth-order valence-corrected chi connectivity index (χ4v) is 2.75. The minimum atomic E-state index is -3.46. The Hall–Kier alpha value is -0.790. The second-order valence-electron chi connectivity index (χ2n) is 3.73. The number of nitrogens with two attached hydrogens (primary N) is 1.